The highest BCUT2D eigenvalue weighted by Gasteiger charge is 2.39. The van der Waals surface area contributed by atoms with Crippen molar-refractivity contribution in [3.05, 3.63) is 34.7 Å². The first-order chi connectivity index (χ1) is 11.4. The molecule has 5 nitrogen and oxygen atoms in total. The van der Waals surface area contributed by atoms with Crippen molar-refractivity contribution >= 4 is 46.3 Å². The van der Waals surface area contributed by atoms with Gasteiger partial charge in [-0.2, -0.15) is 0 Å². The lowest BCUT2D eigenvalue weighted by Gasteiger charge is -2.32. The predicted octanol–water partition coefficient (Wildman–Crippen LogP) is 2.06. The topological polar surface area (TPSA) is 69.7 Å². The highest BCUT2D eigenvalue weighted by atomic mass is 32.2. The van der Waals surface area contributed by atoms with Crippen molar-refractivity contribution < 1.29 is 19.4 Å². The van der Waals surface area contributed by atoms with Gasteiger partial charge in [0, 0.05) is 0 Å². The Bertz CT molecular complexity index is 702. The van der Waals surface area contributed by atoms with Gasteiger partial charge in [-0.15, -0.1) is 0 Å². The van der Waals surface area contributed by atoms with Crippen molar-refractivity contribution in [1.82, 2.24) is 4.90 Å². The first-order valence-electron chi connectivity index (χ1n) is 7.51. The number of thioether (sulfide) groups is 1. The Morgan fingerprint density at radius 1 is 1.50 bits per heavy atom. The molecular weight excluding hydrogens is 346 g/mol. The largest absolute Gasteiger partial charge is 0.548 e. The summed E-state index contributed by atoms with van der Waals surface area (Å²) in [6.45, 7) is 3.63. The maximum atomic E-state index is 12.7. The van der Waals surface area contributed by atoms with E-state index in [9.17, 15) is 14.7 Å². The van der Waals surface area contributed by atoms with E-state index in [1.165, 1.54) is 0 Å². The Morgan fingerprint density at radius 3 is 2.79 bits per heavy atom. The molecule has 0 bridgehead atoms. The first kappa shape index (κ1) is 18.5. The van der Waals surface area contributed by atoms with Crippen LogP contribution in [0.2, 0.25) is 0 Å². The van der Waals surface area contributed by atoms with E-state index >= 15 is 0 Å². The number of methoxy groups -OCH3 is 1. The SMILES string of the molecule is CC[C@H](C)[C@@H](C(=O)[O-])N1C(=O)/C(=C/c2cccc(OC)c2)SC1=S. The van der Waals surface area contributed by atoms with Crippen LogP contribution in [0.4, 0.5) is 0 Å². The first-order valence-corrected chi connectivity index (χ1v) is 8.73. The van der Waals surface area contributed by atoms with E-state index in [4.69, 9.17) is 17.0 Å². The van der Waals surface area contributed by atoms with Crippen molar-refractivity contribution in [2.24, 2.45) is 5.92 Å². The van der Waals surface area contributed by atoms with Gasteiger partial charge in [-0.1, -0.05) is 56.4 Å². The molecule has 0 radical (unpaired) electrons. The molecule has 7 heteroatoms. The molecule has 0 aliphatic carbocycles. The summed E-state index contributed by atoms with van der Waals surface area (Å²) in [4.78, 5) is 25.7. The van der Waals surface area contributed by atoms with Gasteiger partial charge in [0.05, 0.1) is 24.0 Å². The third-order valence-corrected chi connectivity index (χ3v) is 5.25. The van der Waals surface area contributed by atoms with E-state index in [0.29, 0.717) is 17.1 Å². The molecule has 24 heavy (non-hydrogen) atoms. The van der Waals surface area contributed by atoms with Crippen LogP contribution in [0.15, 0.2) is 29.2 Å². The molecule has 0 unspecified atom stereocenters. The standard InChI is InChI=1S/C17H19NO4S2/c1-4-10(2)14(16(20)21)18-15(19)13(24-17(18)23)9-11-6-5-7-12(8-11)22-3/h5-10,14H,4H2,1-3H3,(H,20,21)/p-1/b13-9-/t10-,14-/m0/s1. The Hall–Kier alpha value is -1.86. The predicted molar refractivity (Wildman–Crippen MR) is 96.3 cm³/mol. The van der Waals surface area contributed by atoms with Gasteiger partial charge in [-0.25, -0.2) is 0 Å². The summed E-state index contributed by atoms with van der Waals surface area (Å²) in [5.74, 6) is -1.27. The van der Waals surface area contributed by atoms with E-state index in [1.54, 1.807) is 32.2 Å². The molecule has 0 spiro atoms. The number of hydrogen-bond donors (Lipinski definition) is 0. The minimum Gasteiger partial charge on any atom is -0.548 e. The van der Waals surface area contributed by atoms with E-state index in [-0.39, 0.29) is 10.2 Å². The number of hydrogen-bond acceptors (Lipinski definition) is 6. The maximum Gasteiger partial charge on any atom is 0.266 e. The number of thiocarbonyl (C=S) groups is 1. The molecule has 1 aliphatic heterocycles. The summed E-state index contributed by atoms with van der Waals surface area (Å²) in [6, 6.07) is 6.18. The number of ether oxygens (including phenoxy) is 1. The van der Waals surface area contributed by atoms with Crippen LogP contribution in [-0.4, -0.2) is 34.2 Å². The highest BCUT2D eigenvalue weighted by Crippen LogP contribution is 2.36. The molecule has 1 heterocycles. The Kier molecular flexibility index (Phi) is 6.01. The molecule has 1 amide bonds. The van der Waals surface area contributed by atoms with Gasteiger partial charge in [-0.05, 0) is 29.7 Å². The van der Waals surface area contributed by atoms with Crippen molar-refractivity contribution in [3.63, 3.8) is 0 Å². The van der Waals surface area contributed by atoms with Gasteiger partial charge in [0.1, 0.15) is 10.1 Å². The van der Waals surface area contributed by atoms with Gasteiger partial charge in [0.15, 0.2) is 0 Å². The summed E-state index contributed by atoms with van der Waals surface area (Å²) < 4.78 is 5.40. The summed E-state index contributed by atoms with van der Waals surface area (Å²) in [5.41, 5.74) is 0.781. The van der Waals surface area contributed by atoms with Crippen molar-refractivity contribution in [1.29, 1.82) is 0 Å². The number of rotatable bonds is 6. The summed E-state index contributed by atoms with van der Waals surface area (Å²) in [6.07, 6.45) is 2.29. The molecule has 2 rings (SSSR count). The van der Waals surface area contributed by atoms with Crippen LogP contribution < -0.4 is 9.84 Å². The average Bonchev–Trinajstić information content (AvgIpc) is 2.82. The second-order valence-corrected chi connectivity index (χ2v) is 7.15. The number of carbonyl (C=O) groups is 2. The van der Waals surface area contributed by atoms with Crippen molar-refractivity contribution in [2.75, 3.05) is 7.11 Å². The van der Waals surface area contributed by atoms with E-state index in [2.05, 4.69) is 0 Å². The molecule has 1 aromatic carbocycles. The Morgan fingerprint density at radius 2 is 2.21 bits per heavy atom. The highest BCUT2D eigenvalue weighted by molar-refractivity contribution is 8.26. The molecule has 2 atom stereocenters. The minimum atomic E-state index is -1.29. The van der Waals surface area contributed by atoms with E-state index in [1.807, 2.05) is 19.1 Å². The van der Waals surface area contributed by atoms with Gasteiger partial charge in [0.2, 0.25) is 0 Å². The minimum absolute atomic E-state index is 0.239. The zero-order valence-electron chi connectivity index (χ0n) is 13.6. The van der Waals surface area contributed by atoms with Gasteiger partial charge in [-0.3, -0.25) is 9.69 Å². The van der Waals surface area contributed by atoms with Crippen LogP contribution in [0.5, 0.6) is 5.75 Å². The van der Waals surface area contributed by atoms with Crippen LogP contribution >= 0.6 is 24.0 Å². The number of carboxylic acid groups (broad SMARTS) is 1. The number of carboxylic acids is 1. The van der Waals surface area contributed by atoms with Crippen LogP contribution in [0.25, 0.3) is 6.08 Å². The third kappa shape index (κ3) is 3.79. The van der Waals surface area contributed by atoms with E-state index < -0.39 is 17.9 Å². The third-order valence-electron chi connectivity index (χ3n) is 3.92. The fourth-order valence-electron chi connectivity index (χ4n) is 2.42. The lowest BCUT2D eigenvalue weighted by atomic mass is 9.98. The fourth-order valence-corrected chi connectivity index (χ4v) is 3.75. The monoisotopic (exact) mass is 364 g/mol. The van der Waals surface area contributed by atoms with Gasteiger partial charge < -0.3 is 14.6 Å². The quantitative estimate of drug-likeness (QED) is 0.568. The zero-order chi connectivity index (χ0) is 17.9. The van der Waals surface area contributed by atoms with Crippen LogP contribution in [0.3, 0.4) is 0 Å². The molecule has 1 fully saturated rings. The molecular formula is C17H18NO4S2-. The Balaban J connectivity index is 2.33. The van der Waals surface area contributed by atoms with Crippen LogP contribution in [0, 0.1) is 5.92 Å². The number of amides is 1. The van der Waals surface area contributed by atoms with Crippen LogP contribution in [0.1, 0.15) is 25.8 Å². The number of nitrogens with zero attached hydrogens (tertiary/aromatic N) is 1. The fraction of sp³-hybridized carbons (Fsp3) is 0.353. The zero-order valence-corrected chi connectivity index (χ0v) is 15.3. The second-order valence-electron chi connectivity index (χ2n) is 5.48. The molecule has 1 aromatic rings. The van der Waals surface area contributed by atoms with Crippen molar-refractivity contribution in [2.45, 2.75) is 26.3 Å². The second kappa shape index (κ2) is 7.81. The van der Waals surface area contributed by atoms with Gasteiger partial charge >= 0.3 is 0 Å². The summed E-state index contributed by atoms with van der Waals surface area (Å²) in [7, 11) is 1.56. The average molecular weight is 364 g/mol. The normalized spacial score (nSPS) is 18.8. The molecule has 1 saturated heterocycles. The van der Waals surface area contributed by atoms with E-state index in [0.717, 1.165) is 22.2 Å². The smallest absolute Gasteiger partial charge is 0.266 e. The summed E-state index contributed by atoms with van der Waals surface area (Å²) >= 11 is 6.33. The molecule has 0 N–H and O–H groups in total. The molecule has 1 aliphatic rings. The molecule has 0 saturated carbocycles. The molecule has 0 aromatic heterocycles. The lowest BCUT2D eigenvalue weighted by molar-refractivity contribution is -0.311. The maximum absolute atomic E-state index is 12.7. The number of carbonyl (C=O) groups excluding carboxylic acids is 2. The number of aliphatic carboxylic acids is 1. The van der Waals surface area contributed by atoms with Crippen molar-refractivity contribution in [3.8, 4) is 5.75 Å². The van der Waals surface area contributed by atoms with Crippen LogP contribution in [-0.2, 0) is 9.59 Å². The molecule has 128 valence electrons. The lowest BCUT2D eigenvalue weighted by Crippen LogP contribution is -2.53. The number of benzene rings is 1. The Labute approximate surface area is 150 Å². The van der Waals surface area contributed by atoms with Gasteiger partial charge in [0.25, 0.3) is 5.91 Å². The summed E-state index contributed by atoms with van der Waals surface area (Å²) in [5, 5.41) is 11.5.